The van der Waals surface area contributed by atoms with Crippen LogP contribution in [0.5, 0.6) is 0 Å². The molecule has 1 rings (SSSR count). The van der Waals surface area contributed by atoms with Crippen molar-refractivity contribution in [2.45, 2.75) is 38.8 Å². The quantitative estimate of drug-likeness (QED) is 0.688. The third-order valence-corrected chi connectivity index (χ3v) is 3.74. The molecule has 1 amide bonds. The van der Waals surface area contributed by atoms with Gasteiger partial charge in [0.25, 0.3) is 0 Å². The Morgan fingerprint density at radius 3 is 2.29 bits per heavy atom. The molecule has 2 unspecified atom stereocenters. The lowest BCUT2D eigenvalue weighted by atomic mass is 10.0. The summed E-state index contributed by atoms with van der Waals surface area (Å²) in [4.78, 5) is 15.9. The van der Waals surface area contributed by atoms with E-state index in [0.29, 0.717) is 12.6 Å². The monoisotopic (exact) mass is 242 g/mol. The first-order valence-corrected chi connectivity index (χ1v) is 6.42. The first-order chi connectivity index (χ1) is 7.86. The Bertz CT molecular complexity index is 259. The molecule has 100 valence electrons. The molecule has 17 heavy (non-hydrogen) atoms. The highest BCUT2D eigenvalue weighted by molar-refractivity contribution is 5.84. The number of nitrogens with zero attached hydrogens (tertiary/aromatic N) is 2. The Kier molecular flexibility index (Phi) is 4.91. The molecule has 0 aromatic heterocycles. The van der Waals surface area contributed by atoms with Crippen molar-refractivity contribution >= 4 is 5.91 Å². The fraction of sp³-hybridized carbons (Fsp3) is 0.917. The third kappa shape index (κ3) is 3.94. The number of carbonyl (C=O) groups excluding carboxylic acids is 1. The Balaban J connectivity index is 2.40. The van der Waals surface area contributed by atoms with Crippen LogP contribution in [0.3, 0.4) is 0 Å². The summed E-state index contributed by atoms with van der Waals surface area (Å²) >= 11 is 0. The molecule has 0 aromatic carbocycles. The van der Waals surface area contributed by atoms with Crippen LogP contribution in [0.1, 0.15) is 27.2 Å². The molecule has 0 aliphatic carbocycles. The van der Waals surface area contributed by atoms with Crippen LogP contribution >= 0.6 is 0 Å². The van der Waals surface area contributed by atoms with Crippen molar-refractivity contribution < 1.29 is 4.79 Å². The predicted molar refractivity (Wildman–Crippen MR) is 69.6 cm³/mol. The number of primary amides is 1. The molecule has 0 saturated carbocycles. The zero-order valence-corrected chi connectivity index (χ0v) is 11.3. The van der Waals surface area contributed by atoms with Gasteiger partial charge in [-0.3, -0.25) is 14.6 Å². The molecule has 1 saturated heterocycles. The highest BCUT2D eigenvalue weighted by atomic mass is 16.1. The Hall–Kier alpha value is -0.650. The molecule has 2 atom stereocenters. The second-order valence-corrected chi connectivity index (χ2v) is 5.35. The predicted octanol–water partition coefficient (Wildman–Crippen LogP) is -0.395. The molecule has 1 fully saturated rings. The van der Waals surface area contributed by atoms with Crippen molar-refractivity contribution in [1.29, 1.82) is 0 Å². The molecule has 0 spiro atoms. The number of nitrogens with two attached hydrogens (primary N) is 2. The lowest BCUT2D eigenvalue weighted by Crippen LogP contribution is -2.60. The molecule has 5 heteroatoms. The van der Waals surface area contributed by atoms with E-state index in [-0.39, 0.29) is 0 Å². The maximum atomic E-state index is 11.2. The van der Waals surface area contributed by atoms with Crippen molar-refractivity contribution in [3.63, 3.8) is 0 Å². The van der Waals surface area contributed by atoms with E-state index in [1.807, 2.05) is 0 Å². The van der Waals surface area contributed by atoms with Gasteiger partial charge in [0.05, 0.1) is 0 Å². The number of rotatable bonds is 5. The maximum absolute atomic E-state index is 11.2. The van der Waals surface area contributed by atoms with Crippen LogP contribution in [-0.2, 0) is 4.79 Å². The summed E-state index contributed by atoms with van der Waals surface area (Å²) in [6.45, 7) is 10.7. The molecule has 0 aromatic rings. The van der Waals surface area contributed by atoms with E-state index in [1.165, 1.54) is 6.42 Å². The zero-order valence-electron chi connectivity index (χ0n) is 11.3. The summed E-state index contributed by atoms with van der Waals surface area (Å²) in [5, 5.41) is 0. The molecular weight excluding hydrogens is 216 g/mol. The maximum Gasteiger partial charge on any atom is 0.238 e. The normalized spacial score (nSPS) is 24.2. The number of hydrogen-bond donors (Lipinski definition) is 2. The van der Waals surface area contributed by atoms with Gasteiger partial charge in [-0.15, -0.1) is 0 Å². The number of hydrogen-bond acceptors (Lipinski definition) is 4. The number of amides is 1. The lowest BCUT2D eigenvalue weighted by Gasteiger charge is -2.40. The van der Waals surface area contributed by atoms with Crippen molar-refractivity contribution in [2.75, 3.05) is 32.7 Å². The van der Waals surface area contributed by atoms with E-state index < -0.39 is 11.4 Å². The number of piperazine rings is 1. The minimum Gasteiger partial charge on any atom is -0.368 e. The number of carbonyl (C=O) groups is 1. The van der Waals surface area contributed by atoms with Crippen molar-refractivity contribution in [3.8, 4) is 0 Å². The van der Waals surface area contributed by atoms with Gasteiger partial charge in [-0.05, 0) is 20.3 Å². The van der Waals surface area contributed by atoms with Gasteiger partial charge in [0, 0.05) is 38.8 Å². The zero-order chi connectivity index (χ0) is 13.1. The van der Waals surface area contributed by atoms with Crippen LogP contribution in [0.15, 0.2) is 0 Å². The Morgan fingerprint density at radius 1 is 1.35 bits per heavy atom. The van der Waals surface area contributed by atoms with Gasteiger partial charge in [-0.2, -0.15) is 0 Å². The SMILES string of the molecule is CCC(C)N1CCN(CC(C)(N)C(N)=O)CC1. The van der Waals surface area contributed by atoms with Crippen LogP contribution in [0.2, 0.25) is 0 Å². The van der Waals surface area contributed by atoms with Crippen LogP contribution < -0.4 is 11.5 Å². The van der Waals surface area contributed by atoms with Gasteiger partial charge in [-0.1, -0.05) is 6.92 Å². The highest BCUT2D eigenvalue weighted by Gasteiger charge is 2.30. The van der Waals surface area contributed by atoms with Gasteiger partial charge in [0.2, 0.25) is 5.91 Å². The molecule has 1 heterocycles. The lowest BCUT2D eigenvalue weighted by molar-refractivity contribution is -0.123. The third-order valence-electron chi connectivity index (χ3n) is 3.74. The minimum atomic E-state index is -0.918. The highest BCUT2D eigenvalue weighted by Crippen LogP contribution is 2.11. The standard InChI is InChI=1S/C12H26N4O/c1-4-10(2)16-7-5-15(6-8-16)9-12(3,14)11(13)17/h10H,4-9,14H2,1-3H3,(H2,13,17). The fourth-order valence-electron chi connectivity index (χ4n) is 2.16. The van der Waals surface area contributed by atoms with E-state index >= 15 is 0 Å². The second-order valence-electron chi connectivity index (χ2n) is 5.35. The molecule has 0 bridgehead atoms. The average Bonchev–Trinajstić information content (AvgIpc) is 2.28. The minimum absolute atomic E-state index is 0.429. The largest absolute Gasteiger partial charge is 0.368 e. The second kappa shape index (κ2) is 5.80. The molecular formula is C12H26N4O. The van der Waals surface area contributed by atoms with Crippen LogP contribution in [0.4, 0.5) is 0 Å². The smallest absolute Gasteiger partial charge is 0.238 e. The molecule has 5 nitrogen and oxygen atoms in total. The van der Waals surface area contributed by atoms with Crippen molar-refractivity contribution in [2.24, 2.45) is 11.5 Å². The average molecular weight is 242 g/mol. The Labute approximate surface area is 104 Å². The summed E-state index contributed by atoms with van der Waals surface area (Å²) in [7, 11) is 0. The van der Waals surface area contributed by atoms with E-state index in [0.717, 1.165) is 26.2 Å². The van der Waals surface area contributed by atoms with E-state index in [9.17, 15) is 4.79 Å². The van der Waals surface area contributed by atoms with Crippen LogP contribution in [0.25, 0.3) is 0 Å². The van der Waals surface area contributed by atoms with Crippen LogP contribution in [-0.4, -0.2) is 60.0 Å². The van der Waals surface area contributed by atoms with E-state index in [2.05, 4.69) is 23.6 Å². The molecule has 1 aliphatic rings. The van der Waals surface area contributed by atoms with Crippen LogP contribution in [0, 0.1) is 0 Å². The fourth-order valence-corrected chi connectivity index (χ4v) is 2.16. The van der Waals surface area contributed by atoms with E-state index in [4.69, 9.17) is 11.5 Å². The summed E-state index contributed by atoms with van der Waals surface area (Å²) in [5.74, 6) is -0.429. The van der Waals surface area contributed by atoms with Crippen molar-refractivity contribution in [1.82, 2.24) is 9.80 Å². The van der Waals surface area contributed by atoms with E-state index in [1.54, 1.807) is 6.92 Å². The molecule has 1 aliphatic heterocycles. The molecule has 0 radical (unpaired) electrons. The van der Waals surface area contributed by atoms with Gasteiger partial charge < -0.3 is 11.5 Å². The van der Waals surface area contributed by atoms with Gasteiger partial charge in [0.1, 0.15) is 5.54 Å². The summed E-state index contributed by atoms with van der Waals surface area (Å²) < 4.78 is 0. The topological polar surface area (TPSA) is 75.6 Å². The van der Waals surface area contributed by atoms with Gasteiger partial charge in [0.15, 0.2) is 0 Å². The molecule has 4 N–H and O–H groups in total. The van der Waals surface area contributed by atoms with Gasteiger partial charge >= 0.3 is 0 Å². The first-order valence-electron chi connectivity index (χ1n) is 6.42. The summed E-state index contributed by atoms with van der Waals surface area (Å²) in [5.41, 5.74) is 10.2. The Morgan fingerprint density at radius 2 is 1.88 bits per heavy atom. The first kappa shape index (κ1) is 14.4. The summed E-state index contributed by atoms with van der Waals surface area (Å²) in [6, 6.07) is 0.637. The van der Waals surface area contributed by atoms with Crippen molar-refractivity contribution in [3.05, 3.63) is 0 Å². The summed E-state index contributed by atoms with van der Waals surface area (Å²) in [6.07, 6.45) is 1.18. The van der Waals surface area contributed by atoms with Gasteiger partial charge in [-0.25, -0.2) is 0 Å².